The van der Waals surface area contributed by atoms with Crippen LogP contribution in [0.1, 0.15) is 36.8 Å². The topological polar surface area (TPSA) is 134 Å². The average molecular weight is 449 g/mol. The first-order chi connectivity index (χ1) is 15.7. The van der Waals surface area contributed by atoms with Crippen molar-refractivity contribution in [2.45, 2.75) is 50.0 Å². The molecule has 0 spiro atoms. The monoisotopic (exact) mass is 449 g/mol. The third-order valence-electron chi connectivity index (χ3n) is 6.16. The first-order valence-corrected chi connectivity index (χ1v) is 10.5. The molecule has 2 aliphatic heterocycles. The van der Waals surface area contributed by atoms with Gasteiger partial charge in [0, 0.05) is 0 Å². The fraction of sp³-hybridized carbons (Fsp3) is 0.391. The molecule has 2 aliphatic rings. The first-order valence-electron chi connectivity index (χ1n) is 10.5. The average Bonchev–Trinajstić information content (AvgIpc) is 3.40. The molecule has 0 saturated carbocycles. The predicted molar refractivity (Wildman–Crippen MR) is 115 cm³/mol. The van der Waals surface area contributed by atoms with Crippen LogP contribution in [0, 0.1) is 11.3 Å². The van der Waals surface area contributed by atoms with Crippen molar-refractivity contribution in [1.29, 1.82) is 5.26 Å². The fourth-order valence-electron chi connectivity index (χ4n) is 4.79. The van der Waals surface area contributed by atoms with Crippen LogP contribution < -0.4 is 5.73 Å². The summed E-state index contributed by atoms with van der Waals surface area (Å²) in [6.07, 6.45) is -0.157. The molecule has 2 N–H and O–H groups in total. The van der Waals surface area contributed by atoms with Crippen molar-refractivity contribution in [3.8, 4) is 6.07 Å². The predicted octanol–water partition coefficient (Wildman–Crippen LogP) is 2.20. The van der Waals surface area contributed by atoms with Crippen LogP contribution in [0.3, 0.4) is 0 Å². The number of benzene rings is 1. The Hall–Kier alpha value is -3.52. The molecule has 2 fully saturated rings. The molecule has 10 heteroatoms. The number of anilines is 1. The highest BCUT2D eigenvalue weighted by atomic mass is 16.8. The van der Waals surface area contributed by atoms with E-state index in [4.69, 9.17) is 24.7 Å². The lowest BCUT2D eigenvalue weighted by Crippen LogP contribution is -2.51. The van der Waals surface area contributed by atoms with Crippen molar-refractivity contribution in [3.63, 3.8) is 0 Å². The third-order valence-corrected chi connectivity index (χ3v) is 6.16. The molecule has 0 amide bonds. The number of nitrogens with zero attached hydrogens (tertiary/aromatic N) is 4. The van der Waals surface area contributed by atoms with Crippen LogP contribution in [-0.2, 0) is 24.5 Å². The smallest absolute Gasteiger partial charge is 0.338 e. The summed E-state index contributed by atoms with van der Waals surface area (Å²) in [6, 6.07) is 14.4. The number of carbonyl (C=O) groups is 1. The lowest BCUT2D eigenvalue weighted by Gasteiger charge is -2.35. The molecule has 170 valence electrons. The summed E-state index contributed by atoms with van der Waals surface area (Å²) in [6.45, 7) is 5.17. The van der Waals surface area contributed by atoms with E-state index < -0.39 is 35.2 Å². The van der Waals surface area contributed by atoms with Gasteiger partial charge in [-0.2, -0.15) is 10.4 Å². The maximum absolute atomic E-state index is 12.5. The Morgan fingerprint density at radius 2 is 1.97 bits per heavy atom. The van der Waals surface area contributed by atoms with Crippen molar-refractivity contribution in [2.75, 3.05) is 12.3 Å². The van der Waals surface area contributed by atoms with Crippen LogP contribution in [0.5, 0.6) is 0 Å². The van der Waals surface area contributed by atoms with Gasteiger partial charge in [-0.05, 0) is 45.0 Å². The second-order valence-electron chi connectivity index (χ2n) is 8.72. The minimum absolute atomic E-state index is 0.128. The van der Waals surface area contributed by atoms with Crippen LogP contribution in [-0.4, -0.2) is 50.8 Å². The summed E-state index contributed by atoms with van der Waals surface area (Å²) in [5.41, 5.74) is 4.50. The van der Waals surface area contributed by atoms with E-state index >= 15 is 0 Å². The number of nitriles is 1. The molecule has 0 aliphatic carbocycles. The Balaban J connectivity index is 1.54. The minimum atomic E-state index is -1.62. The molecule has 4 heterocycles. The van der Waals surface area contributed by atoms with E-state index in [1.54, 1.807) is 57.2 Å². The number of ether oxygens (including phenoxy) is 4. The van der Waals surface area contributed by atoms with E-state index in [1.807, 2.05) is 6.07 Å². The fourth-order valence-corrected chi connectivity index (χ4v) is 4.79. The summed E-state index contributed by atoms with van der Waals surface area (Å²) >= 11 is 0. The van der Waals surface area contributed by atoms with Gasteiger partial charge in [0.05, 0.1) is 11.3 Å². The van der Waals surface area contributed by atoms with Crippen LogP contribution in [0.15, 0.2) is 48.8 Å². The molecule has 2 saturated heterocycles. The maximum Gasteiger partial charge on any atom is 0.338 e. The van der Waals surface area contributed by atoms with Crippen LogP contribution in [0.2, 0.25) is 0 Å². The molecule has 10 nitrogen and oxygen atoms in total. The zero-order valence-corrected chi connectivity index (χ0v) is 18.4. The molecule has 33 heavy (non-hydrogen) atoms. The standard InChI is InChI=1S/C23H23N5O5/c1-21(2)32-18-16(11-30-20(29)14-7-5-4-6-8-14)31-23(12-24,22(18,3)33-21)17-10-9-15-19(25)26-13-27-28(15)17/h4-10,13,16,18H,11H2,1-3H3,(H2,25,26,27)/t16-,18-,22-,23?/m1/s1. The number of nitrogens with two attached hydrogens (primary N) is 1. The van der Waals surface area contributed by atoms with E-state index in [-0.39, 0.29) is 12.4 Å². The van der Waals surface area contributed by atoms with Crippen LogP contribution in [0.25, 0.3) is 5.52 Å². The van der Waals surface area contributed by atoms with E-state index in [0.717, 1.165) is 0 Å². The number of aromatic nitrogens is 3. The third kappa shape index (κ3) is 3.08. The molecule has 4 atom stereocenters. The number of esters is 1. The van der Waals surface area contributed by atoms with E-state index in [2.05, 4.69) is 16.2 Å². The van der Waals surface area contributed by atoms with Crippen molar-refractivity contribution in [1.82, 2.24) is 14.6 Å². The Morgan fingerprint density at radius 3 is 2.70 bits per heavy atom. The van der Waals surface area contributed by atoms with Crippen molar-refractivity contribution < 1.29 is 23.7 Å². The Kier molecular flexibility index (Phi) is 4.68. The SMILES string of the molecule is CC1(C)O[C@@H]2[C@@H](COC(=O)c3ccccc3)OC(C#N)(c3ccc4c(N)ncnn34)[C@]2(C)O1. The van der Waals surface area contributed by atoms with Gasteiger partial charge in [0.2, 0.25) is 5.60 Å². The maximum atomic E-state index is 12.5. The van der Waals surface area contributed by atoms with Gasteiger partial charge in [0.15, 0.2) is 11.6 Å². The lowest BCUT2D eigenvalue weighted by molar-refractivity contribution is -0.223. The zero-order chi connectivity index (χ0) is 23.4. The quantitative estimate of drug-likeness (QED) is 0.595. The van der Waals surface area contributed by atoms with E-state index in [9.17, 15) is 10.1 Å². The molecule has 2 aromatic heterocycles. The van der Waals surface area contributed by atoms with Crippen molar-refractivity contribution in [3.05, 3.63) is 60.0 Å². The largest absolute Gasteiger partial charge is 0.459 e. The van der Waals surface area contributed by atoms with Gasteiger partial charge in [0.25, 0.3) is 0 Å². The number of carbonyl (C=O) groups excluding carboxylic acids is 1. The van der Waals surface area contributed by atoms with Crippen LogP contribution in [0.4, 0.5) is 5.82 Å². The molecular formula is C23H23N5O5. The summed E-state index contributed by atoms with van der Waals surface area (Å²) in [4.78, 5) is 16.5. The molecule has 5 rings (SSSR count). The minimum Gasteiger partial charge on any atom is -0.459 e. The number of hydrogen-bond acceptors (Lipinski definition) is 9. The van der Waals surface area contributed by atoms with Gasteiger partial charge in [-0.25, -0.2) is 14.3 Å². The lowest BCUT2D eigenvalue weighted by atomic mass is 9.80. The number of rotatable bonds is 4. The van der Waals surface area contributed by atoms with Gasteiger partial charge < -0.3 is 24.7 Å². The second kappa shape index (κ2) is 7.25. The summed E-state index contributed by atoms with van der Waals surface area (Å²) in [7, 11) is 0. The summed E-state index contributed by atoms with van der Waals surface area (Å²) in [5.74, 6) is -1.22. The molecule has 1 unspecified atom stereocenters. The Bertz CT molecular complexity index is 1270. The van der Waals surface area contributed by atoms with Gasteiger partial charge in [-0.3, -0.25) is 0 Å². The molecule has 1 aromatic carbocycles. The Labute approximate surface area is 189 Å². The second-order valence-corrected chi connectivity index (χ2v) is 8.72. The first kappa shape index (κ1) is 21.3. The van der Waals surface area contributed by atoms with Crippen molar-refractivity contribution >= 4 is 17.3 Å². The van der Waals surface area contributed by atoms with Gasteiger partial charge in [-0.1, -0.05) is 18.2 Å². The van der Waals surface area contributed by atoms with Gasteiger partial charge in [0.1, 0.15) is 42.3 Å². The molecule has 0 bridgehead atoms. The highest BCUT2D eigenvalue weighted by Gasteiger charge is 2.73. The van der Waals surface area contributed by atoms with Gasteiger partial charge in [-0.15, -0.1) is 0 Å². The summed E-state index contributed by atoms with van der Waals surface area (Å²) < 4.78 is 25.8. The van der Waals surface area contributed by atoms with E-state index in [0.29, 0.717) is 16.8 Å². The normalized spacial score (nSPS) is 30.1. The highest BCUT2D eigenvalue weighted by molar-refractivity contribution is 5.89. The highest BCUT2D eigenvalue weighted by Crippen LogP contribution is 2.56. The number of hydrogen-bond donors (Lipinski definition) is 1. The van der Waals surface area contributed by atoms with E-state index in [1.165, 1.54) is 10.8 Å². The number of fused-ring (bicyclic) bond motifs is 2. The zero-order valence-electron chi connectivity index (χ0n) is 18.4. The summed E-state index contributed by atoms with van der Waals surface area (Å²) in [5, 5.41) is 14.7. The molecule has 3 aromatic rings. The Morgan fingerprint density at radius 1 is 1.21 bits per heavy atom. The molecular weight excluding hydrogens is 426 g/mol. The molecule has 0 radical (unpaired) electrons. The van der Waals surface area contributed by atoms with Crippen molar-refractivity contribution in [2.24, 2.45) is 0 Å². The van der Waals surface area contributed by atoms with Crippen LogP contribution >= 0.6 is 0 Å². The van der Waals surface area contributed by atoms with Gasteiger partial charge >= 0.3 is 5.97 Å². The number of nitrogen functional groups attached to an aromatic ring is 1.